The Balaban J connectivity index is 1.49. The zero-order valence-electron chi connectivity index (χ0n) is 17.0. The summed E-state index contributed by atoms with van der Waals surface area (Å²) >= 11 is 1.57. The lowest BCUT2D eigenvalue weighted by molar-refractivity contribution is 0.258. The topological polar surface area (TPSA) is 69.3 Å². The number of hydrogen-bond donors (Lipinski definition) is 3. The largest absolute Gasteiger partial charge is 0.359 e. The van der Waals surface area contributed by atoms with E-state index in [0.29, 0.717) is 5.92 Å². The summed E-state index contributed by atoms with van der Waals surface area (Å²) in [5.74, 6) is 0.409. The van der Waals surface area contributed by atoms with E-state index in [1.54, 1.807) is 23.3 Å². The van der Waals surface area contributed by atoms with E-state index < -0.39 is 0 Å². The van der Waals surface area contributed by atoms with E-state index in [1.165, 1.54) is 5.56 Å². The van der Waals surface area contributed by atoms with Crippen LogP contribution < -0.4 is 20.9 Å². The first-order chi connectivity index (χ1) is 13.9. The first-order valence-electron chi connectivity index (χ1n) is 9.63. The average Bonchev–Trinajstić information content (AvgIpc) is 3.36. The van der Waals surface area contributed by atoms with Gasteiger partial charge in [-0.3, -0.25) is 4.90 Å². The molecule has 3 aromatic rings. The molecular formula is C22H25N5OS. The van der Waals surface area contributed by atoms with Crippen LogP contribution in [0.2, 0.25) is 0 Å². The summed E-state index contributed by atoms with van der Waals surface area (Å²) in [6, 6.07) is 11.9. The van der Waals surface area contributed by atoms with Gasteiger partial charge in [-0.2, -0.15) is 0 Å². The van der Waals surface area contributed by atoms with Gasteiger partial charge in [0.25, 0.3) is 0 Å². The summed E-state index contributed by atoms with van der Waals surface area (Å²) in [6.45, 7) is 6.32. The molecule has 1 aromatic heterocycles. The van der Waals surface area contributed by atoms with Gasteiger partial charge in [0.2, 0.25) is 0 Å². The van der Waals surface area contributed by atoms with Crippen molar-refractivity contribution in [3.8, 4) is 0 Å². The molecule has 6 nitrogen and oxygen atoms in total. The molecule has 7 heteroatoms. The highest BCUT2D eigenvalue weighted by molar-refractivity contribution is 7.07. The minimum Gasteiger partial charge on any atom is -0.359 e. The third-order valence-electron chi connectivity index (χ3n) is 5.18. The summed E-state index contributed by atoms with van der Waals surface area (Å²) in [7, 11) is 1.80. The minimum atomic E-state index is -0.170. The smallest absolute Gasteiger partial charge is 0.326 e. The van der Waals surface area contributed by atoms with Crippen molar-refractivity contribution in [1.29, 1.82) is 0 Å². The molecule has 150 valence electrons. The number of rotatable bonds is 4. The van der Waals surface area contributed by atoms with Gasteiger partial charge in [0.15, 0.2) is 0 Å². The van der Waals surface area contributed by atoms with E-state index in [2.05, 4.69) is 53.0 Å². The Morgan fingerprint density at radius 3 is 2.69 bits per heavy atom. The number of hydrogen-bond acceptors (Lipinski definition) is 5. The number of amides is 2. The Kier molecular flexibility index (Phi) is 5.15. The van der Waals surface area contributed by atoms with Gasteiger partial charge in [0.05, 0.1) is 22.6 Å². The molecule has 0 bridgehead atoms. The molecule has 0 spiro atoms. The van der Waals surface area contributed by atoms with E-state index in [0.717, 1.165) is 34.0 Å². The highest BCUT2D eigenvalue weighted by atomic mass is 32.1. The molecule has 2 heterocycles. The fourth-order valence-electron chi connectivity index (χ4n) is 3.39. The van der Waals surface area contributed by atoms with E-state index in [-0.39, 0.29) is 12.2 Å². The van der Waals surface area contributed by atoms with Crippen LogP contribution >= 0.6 is 11.3 Å². The van der Waals surface area contributed by atoms with E-state index >= 15 is 0 Å². The Labute approximate surface area is 175 Å². The lowest BCUT2D eigenvalue weighted by Crippen LogP contribution is -2.31. The van der Waals surface area contributed by atoms with Crippen molar-refractivity contribution in [2.24, 2.45) is 0 Å². The number of aromatic nitrogens is 1. The Morgan fingerprint density at radius 2 is 1.97 bits per heavy atom. The molecule has 1 aliphatic heterocycles. The Bertz CT molecular complexity index is 1030. The maximum Gasteiger partial charge on any atom is 0.326 e. The van der Waals surface area contributed by atoms with Gasteiger partial charge in [-0.15, -0.1) is 11.3 Å². The third kappa shape index (κ3) is 3.91. The molecule has 0 saturated heterocycles. The second-order valence-electron chi connectivity index (χ2n) is 7.59. The second-order valence-corrected chi connectivity index (χ2v) is 8.30. The number of urea groups is 1. The number of nitrogens with one attached hydrogen (secondary N) is 3. The van der Waals surface area contributed by atoms with Gasteiger partial charge in [0, 0.05) is 23.8 Å². The molecule has 1 unspecified atom stereocenters. The molecule has 1 atom stereocenters. The van der Waals surface area contributed by atoms with Crippen molar-refractivity contribution in [3.63, 3.8) is 0 Å². The fourth-order valence-corrected chi connectivity index (χ4v) is 3.97. The van der Waals surface area contributed by atoms with Gasteiger partial charge < -0.3 is 16.0 Å². The van der Waals surface area contributed by atoms with Gasteiger partial charge in [-0.25, -0.2) is 9.78 Å². The van der Waals surface area contributed by atoms with Crippen LogP contribution in [0.15, 0.2) is 47.3 Å². The summed E-state index contributed by atoms with van der Waals surface area (Å²) in [5.41, 5.74) is 8.65. The zero-order valence-corrected chi connectivity index (χ0v) is 17.8. The van der Waals surface area contributed by atoms with Crippen molar-refractivity contribution < 1.29 is 4.79 Å². The molecule has 2 amide bonds. The number of anilines is 4. The predicted molar refractivity (Wildman–Crippen MR) is 121 cm³/mol. The van der Waals surface area contributed by atoms with Gasteiger partial charge in [-0.1, -0.05) is 26.0 Å². The minimum absolute atomic E-state index is 0.0497. The molecule has 0 aliphatic carbocycles. The summed E-state index contributed by atoms with van der Waals surface area (Å²) < 4.78 is 0. The zero-order chi connectivity index (χ0) is 20.5. The molecule has 0 saturated carbocycles. The number of fused-ring (bicyclic) bond motifs is 1. The third-order valence-corrected chi connectivity index (χ3v) is 5.79. The summed E-state index contributed by atoms with van der Waals surface area (Å²) in [5, 5.41) is 11.8. The van der Waals surface area contributed by atoms with Crippen LogP contribution in [-0.4, -0.2) is 18.1 Å². The number of benzene rings is 2. The average molecular weight is 408 g/mol. The van der Waals surface area contributed by atoms with Gasteiger partial charge in [-0.05, 0) is 48.2 Å². The number of carbonyl (C=O) groups excluding carboxylic acids is 1. The molecule has 2 aromatic carbocycles. The number of carbonyl (C=O) groups is 1. The molecule has 0 radical (unpaired) electrons. The van der Waals surface area contributed by atoms with Crippen LogP contribution in [-0.2, 0) is 0 Å². The first-order valence-corrected chi connectivity index (χ1v) is 10.6. The molecule has 4 rings (SSSR count). The lowest BCUT2D eigenvalue weighted by Gasteiger charge is -2.22. The summed E-state index contributed by atoms with van der Waals surface area (Å²) in [6.07, 6.45) is -0.0497. The predicted octanol–water partition coefficient (Wildman–Crippen LogP) is 5.78. The number of aryl methyl sites for hydroxylation is 1. The highest BCUT2D eigenvalue weighted by Gasteiger charge is 2.23. The maximum atomic E-state index is 12.9. The monoisotopic (exact) mass is 407 g/mol. The quantitative estimate of drug-likeness (QED) is 0.513. The number of thiazole rings is 1. The second kappa shape index (κ2) is 7.75. The van der Waals surface area contributed by atoms with Crippen LogP contribution in [0.4, 0.5) is 27.5 Å². The van der Waals surface area contributed by atoms with Crippen molar-refractivity contribution in [3.05, 3.63) is 64.1 Å². The SMILES string of the molecule is Cc1ccc(C(C)C)cc1N(C)C(=O)Nc1ccc2c(c1)NC(c1cscn1)N2. The van der Waals surface area contributed by atoms with Crippen LogP contribution in [0, 0.1) is 6.92 Å². The molecular weight excluding hydrogens is 382 g/mol. The van der Waals surface area contributed by atoms with Crippen molar-refractivity contribution in [2.75, 3.05) is 27.9 Å². The van der Waals surface area contributed by atoms with E-state index in [1.807, 2.05) is 36.0 Å². The molecule has 0 fully saturated rings. The summed E-state index contributed by atoms with van der Waals surface area (Å²) in [4.78, 5) is 18.9. The molecule has 1 aliphatic rings. The van der Waals surface area contributed by atoms with Crippen LogP contribution in [0.5, 0.6) is 0 Å². The Hall–Kier alpha value is -3.06. The lowest BCUT2D eigenvalue weighted by atomic mass is 10.0. The van der Waals surface area contributed by atoms with Gasteiger partial charge in [0.1, 0.15) is 6.17 Å². The van der Waals surface area contributed by atoms with Gasteiger partial charge >= 0.3 is 6.03 Å². The van der Waals surface area contributed by atoms with Crippen molar-refractivity contribution >= 4 is 40.1 Å². The normalized spacial score (nSPS) is 14.9. The standard InChI is InChI=1S/C22H25N5OS/c1-13(2)15-6-5-14(3)20(9-15)27(4)22(28)24-16-7-8-17-18(10-16)26-21(25-17)19-11-29-12-23-19/h5-13,21,25-26H,1-4H3,(H,24,28). The molecule has 3 N–H and O–H groups in total. The molecule has 29 heavy (non-hydrogen) atoms. The van der Waals surface area contributed by atoms with Crippen molar-refractivity contribution in [2.45, 2.75) is 32.9 Å². The van der Waals surface area contributed by atoms with Crippen LogP contribution in [0.3, 0.4) is 0 Å². The fraction of sp³-hybridized carbons (Fsp3) is 0.273. The van der Waals surface area contributed by atoms with Crippen LogP contribution in [0.1, 0.15) is 42.8 Å². The van der Waals surface area contributed by atoms with E-state index in [4.69, 9.17) is 0 Å². The van der Waals surface area contributed by atoms with E-state index in [9.17, 15) is 4.79 Å². The first kappa shape index (κ1) is 19.3. The number of nitrogens with zero attached hydrogens (tertiary/aromatic N) is 2. The van der Waals surface area contributed by atoms with Crippen molar-refractivity contribution in [1.82, 2.24) is 4.98 Å². The highest BCUT2D eigenvalue weighted by Crippen LogP contribution is 2.37. The maximum absolute atomic E-state index is 12.9. The van der Waals surface area contributed by atoms with Crippen LogP contribution in [0.25, 0.3) is 0 Å². The Morgan fingerprint density at radius 1 is 1.17 bits per heavy atom.